The van der Waals surface area contributed by atoms with Crippen molar-refractivity contribution in [3.05, 3.63) is 28.0 Å². The molecule has 2 rings (SSSR count). The summed E-state index contributed by atoms with van der Waals surface area (Å²) in [4.78, 5) is 11.5. The van der Waals surface area contributed by atoms with E-state index in [2.05, 4.69) is 21.2 Å². The molecule has 0 aliphatic carbocycles. The van der Waals surface area contributed by atoms with Crippen molar-refractivity contribution in [2.24, 2.45) is 0 Å². The molecule has 1 heterocycles. The predicted octanol–water partition coefficient (Wildman–Crippen LogP) is 2.82. The summed E-state index contributed by atoms with van der Waals surface area (Å²) in [7, 11) is 0. The van der Waals surface area contributed by atoms with E-state index in [-0.39, 0.29) is 11.7 Å². The lowest BCUT2D eigenvalue weighted by Gasteiger charge is -2.15. The van der Waals surface area contributed by atoms with Gasteiger partial charge in [-0.3, -0.25) is 4.79 Å². The minimum atomic E-state index is -0.778. The minimum Gasteiger partial charge on any atom is -0.325 e. The number of hydrogen-bond donors (Lipinski definition) is 1. The van der Waals surface area contributed by atoms with Gasteiger partial charge in [-0.15, -0.1) is 0 Å². The maximum Gasteiger partial charge on any atom is 0.234 e. The van der Waals surface area contributed by atoms with Gasteiger partial charge in [0, 0.05) is 15.7 Å². The third-order valence-electron chi connectivity index (χ3n) is 2.50. The third kappa shape index (κ3) is 1.17. The molecular weight excluding hydrogens is 249 g/mol. The van der Waals surface area contributed by atoms with Gasteiger partial charge in [0.25, 0.3) is 0 Å². The first-order valence-corrected chi connectivity index (χ1v) is 5.03. The molecule has 1 aliphatic rings. The van der Waals surface area contributed by atoms with Gasteiger partial charge in [0.05, 0.1) is 5.41 Å². The molecule has 74 valence electrons. The number of anilines is 1. The Morgan fingerprint density at radius 2 is 2.07 bits per heavy atom. The molecule has 1 aliphatic heterocycles. The van der Waals surface area contributed by atoms with Crippen molar-refractivity contribution in [1.29, 1.82) is 0 Å². The van der Waals surface area contributed by atoms with Crippen LogP contribution in [0.4, 0.5) is 10.1 Å². The Morgan fingerprint density at radius 3 is 2.71 bits per heavy atom. The molecule has 1 aromatic rings. The Bertz CT molecular complexity index is 428. The van der Waals surface area contributed by atoms with Gasteiger partial charge in [0.2, 0.25) is 5.91 Å². The molecule has 0 unspecified atom stereocenters. The Kier molecular flexibility index (Phi) is 1.93. The predicted molar refractivity (Wildman–Crippen MR) is 55.8 cm³/mol. The molecule has 1 aromatic carbocycles. The highest BCUT2D eigenvalue weighted by molar-refractivity contribution is 9.10. The highest BCUT2D eigenvalue weighted by Gasteiger charge is 2.40. The highest BCUT2D eigenvalue weighted by Crippen LogP contribution is 2.40. The SMILES string of the molecule is CC1(C)C(=O)Nc2cc(Br)cc(F)c21. The molecule has 0 radical (unpaired) electrons. The summed E-state index contributed by atoms with van der Waals surface area (Å²) >= 11 is 3.18. The molecule has 0 saturated carbocycles. The van der Waals surface area contributed by atoms with Crippen molar-refractivity contribution in [2.45, 2.75) is 19.3 Å². The van der Waals surface area contributed by atoms with Gasteiger partial charge in [-0.25, -0.2) is 4.39 Å². The first-order chi connectivity index (χ1) is 6.43. The second-order valence-corrected chi connectivity index (χ2v) is 4.80. The average molecular weight is 258 g/mol. The molecule has 4 heteroatoms. The molecular formula is C10H9BrFNO. The van der Waals surface area contributed by atoms with Gasteiger partial charge in [-0.1, -0.05) is 15.9 Å². The summed E-state index contributed by atoms with van der Waals surface area (Å²) in [5.41, 5.74) is 0.234. The van der Waals surface area contributed by atoms with Crippen LogP contribution in [0.25, 0.3) is 0 Å². The minimum absolute atomic E-state index is 0.162. The lowest BCUT2D eigenvalue weighted by atomic mass is 9.86. The van der Waals surface area contributed by atoms with Crippen molar-refractivity contribution < 1.29 is 9.18 Å². The maximum atomic E-state index is 13.6. The number of halogens is 2. The van der Waals surface area contributed by atoms with Crippen molar-refractivity contribution in [1.82, 2.24) is 0 Å². The molecule has 0 fully saturated rings. The number of fused-ring (bicyclic) bond motifs is 1. The van der Waals surface area contributed by atoms with E-state index in [0.29, 0.717) is 15.7 Å². The first-order valence-electron chi connectivity index (χ1n) is 4.24. The molecule has 0 bridgehead atoms. The quantitative estimate of drug-likeness (QED) is 0.761. The van der Waals surface area contributed by atoms with Crippen molar-refractivity contribution in [3.63, 3.8) is 0 Å². The zero-order valence-corrected chi connectivity index (χ0v) is 9.40. The topological polar surface area (TPSA) is 29.1 Å². The summed E-state index contributed by atoms with van der Waals surface area (Å²) in [5, 5.41) is 2.66. The van der Waals surface area contributed by atoms with E-state index < -0.39 is 5.41 Å². The Labute approximate surface area is 89.6 Å². The van der Waals surface area contributed by atoms with E-state index in [9.17, 15) is 9.18 Å². The summed E-state index contributed by atoms with van der Waals surface area (Å²) in [5.74, 6) is -0.512. The monoisotopic (exact) mass is 257 g/mol. The number of benzene rings is 1. The van der Waals surface area contributed by atoms with Gasteiger partial charge >= 0.3 is 0 Å². The normalized spacial score (nSPS) is 17.9. The van der Waals surface area contributed by atoms with Gasteiger partial charge in [-0.2, -0.15) is 0 Å². The van der Waals surface area contributed by atoms with Gasteiger partial charge in [-0.05, 0) is 26.0 Å². The van der Waals surface area contributed by atoms with Crippen LogP contribution in [0.15, 0.2) is 16.6 Å². The van der Waals surface area contributed by atoms with Crippen LogP contribution in [-0.4, -0.2) is 5.91 Å². The number of rotatable bonds is 0. The average Bonchev–Trinajstić information content (AvgIpc) is 2.21. The Balaban J connectivity index is 2.71. The molecule has 1 N–H and O–H groups in total. The van der Waals surface area contributed by atoms with E-state index in [1.54, 1.807) is 19.9 Å². The van der Waals surface area contributed by atoms with Gasteiger partial charge < -0.3 is 5.32 Å². The van der Waals surface area contributed by atoms with Crippen LogP contribution in [0, 0.1) is 5.82 Å². The zero-order chi connectivity index (χ0) is 10.5. The van der Waals surface area contributed by atoms with Gasteiger partial charge in [0.1, 0.15) is 5.82 Å². The van der Waals surface area contributed by atoms with Crippen LogP contribution >= 0.6 is 15.9 Å². The number of amides is 1. The fraction of sp³-hybridized carbons (Fsp3) is 0.300. The summed E-state index contributed by atoms with van der Waals surface area (Å²) in [6.45, 7) is 3.43. The smallest absolute Gasteiger partial charge is 0.234 e. The van der Waals surface area contributed by atoms with Crippen molar-refractivity contribution >= 4 is 27.5 Å². The fourth-order valence-corrected chi connectivity index (χ4v) is 2.13. The molecule has 1 amide bonds. The molecule has 0 aromatic heterocycles. The third-order valence-corrected chi connectivity index (χ3v) is 2.95. The van der Waals surface area contributed by atoms with Gasteiger partial charge in [0.15, 0.2) is 0 Å². The van der Waals surface area contributed by atoms with E-state index in [4.69, 9.17) is 0 Å². The zero-order valence-electron chi connectivity index (χ0n) is 7.82. The number of hydrogen-bond acceptors (Lipinski definition) is 1. The Morgan fingerprint density at radius 1 is 1.43 bits per heavy atom. The molecule has 0 spiro atoms. The number of carbonyl (C=O) groups excluding carboxylic acids is 1. The second kappa shape index (κ2) is 2.79. The van der Waals surface area contributed by atoms with Crippen LogP contribution in [0.1, 0.15) is 19.4 Å². The van der Waals surface area contributed by atoms with Crippen LogP contribution in [0.2, 0.25) is 0 Å². The van der Waals surface area contributed by atoms with E-state index in [0.717, 1.165) is 0 Å². The lowest BCUT2D eigenvalue weighted by Crippen LogP contribution is -2.27. The largest absolute Gasteiger partial charge is 0.325 e. The standard InChI is InChI=1S/C10H9BrFNO/c1-10(2)8-6(12)3-5(11)4-7(8)13-9(10)14/h3-4H,1-2H3,(H,13,14). The molecule has 0 saturated heterocycles. The second-order valence-electron chi connectivity index (χ2n) is 3.89. The van der Waals surface area contributed by atoms with Crippen molar-refractivity contribution in [2.75, 3.05) is 5.32 Å². The number of nitrogens with one attached hydrogen (secondary N) is 1. The van der Waals surface area contributed by atoms with Crippen molar-refractivity contribution in [3.8, 4) is 0 Å². The maximum absolute atomic E-state index is 13.6. The van der Waals surface area contributed by atoms with Crippen LogP contribution < -0.4 is 5.32 Å². The van der Waals surface area contributed by atoms with E-state index >= 15 is 0 Å². The van der Waals surface area contributed by atoms with E-state index in [1.807, 2.05) is 0 Å². The Hall–Kier alpha value is -0.900. The molecule has 0 atom stereocenters. The highest BCUT2D eigenvalue weighted by atomic mass is 79.9. The first kappa shape index (κ1) is 9.65. The summed E-state index contributed by atoms with van der Waals surface area (Å²) < 4.78 is 14.2. The van der Waals surface area contributed by atoms with Crippen LogP contribution in [-0.2, 0) is 10.2 Å². The van der Waals surface area contributed by atoms with Crippen LogP contribution in [0.3, 0.4) is 0 Å². The molecule has 2 nitrogen and oxygen atoms in total. The van der Waals surface area contributed by atoms with E-state index in [1.165, 1.54) is 6.07 Å². The fourth-order valence-electron chi connectivity index (χ4n) is 1.70. The lowest BCUT2D eigenvalue weighted by molar-refractivity contribution is -0.119. The number of carbonyl (C=O) groups is 1. The summed E-state index contributed by atoms with van der Waals surface area (Å²) in [6, 6.07) is 3.09. The molecule has 14 heavy (non-hydrogen) atoms. The summed E-state index contributed by atoms with van der Waals surface area (Å²) in [6.07, 6.45) is 0. The van der Waals surface area contributed by atoms with Crippen LogP contribution in [0.5, 0.6) is 0 Å².